The molecule has 0 fully saturated rings. The van der Waals surface area contributed by atoms with Crippen LogP contribution in [-0.2, 0) is 10.0 Å². The molecule has 0 aromatic heterocycles. The average molecular weight is 344 g/mol. The van der Waals surface area contributed by atoms with E-state index in [0.717, 1.165) is 5.56 Å². The van der Waals surface area contributed by atoms with E-state index in [4.69, 9.17) is 0 Å². The first-order valence-corrected chi connectivity index (χ1v) is 8.72. The van der Waals surface area contributed by atoms with Gasteiger partial charge in [0.15, 0.2) is 0 Å². The molecule has 0 aliphatic rings. The van der Waals surface area contributed by atoms with Gasteiger partial charge >= 0.3 is 0 Å². The van der Waals surface area contributed by atoms with Crippen LogP contribution in [0.3, 0.4) is 0 Å². The van der Waals surface area contributed by atoms with Gasteiger partial charge in [-0.2, -0.15) is 5.26 Å². The van der Waals surface area contributed by atoms with Gasteiger partial charge in [-0.3, -0.25) is 0 Å². The fourth-order valence-corrected chi connectivity index (χ4v) is 3.48. The summed E-state index contributed by atoms with van der Waals surface area (Å²) < 4.78 is 40.9. The fourth-order valence-electron chi connectivity index (χ4n) is 2.23. The molecule has 0 saturated heterocycles. The maximum absolute atomic E-state index is 13.1. The molecule has 2 rings (SSSR count). The van der Waals surface area contributed by atoms with Crippen LogP contribution in [0.4, 0.5) is 4.39 Å². The number of nitrogens with zero attached hydrogens (tertiary/aromatic N) is 1. The number of nitrogens with one attached hydrogen (secondary N) is 1. The van der Waals surface area contributed by atoms with Crippen molar-refractivity contribution in [1.82, 2.24) is 4.72 Å². The zero-order chi connectivity index (χ0) is 17.7. The summed E-state index contributed by atoms with van der Waals surface area (Å²) in [4.78, 5) is 0.0981. The van der Waals surface area contributed by atoms with Gasteiger partial charge < -0.3 is 0 Å². The summed E-state index contributed by atoms with van der Waals surface area (Å²) >= 11 is 0. The lowest BCUT2D eigenvalue weighted by atomic mass is 9.95. The predicted molar refractivity (Wildman–Crippen MR) is 89.9 cm³/mol. The Kier molecular flexibility index (Phi) is 5.50. The normalized spacial score (nSPS) is 13.7. The van der Waals surface area contributed by atoms with Crippen LogP contribution in [0.1, 0.15) is 17.2 Å². The van der Waals surface area contributed by atoms with Gasteiger partial charge in [0, 0.05) is 0 Å². The third-order valence-corrected chi connectivity index (χ3v) is 5.06. The zero-order valence-electron chi connectivity index (χ0n) is 13.1. The maximum Gasteiger partial charge on any atom is 0.241 e. The van der Waals surface area contributed by atoms with Gasteiger partial charge in [0.05, 0.1) is 22.9 Å². The monoisotopic (exact) mass is 344 g/mol. The van der Waals surface area contributed by atoms with Crippen LogP contribution in [-0.4, -0.2) is 8.42 Å². The van der Waals surface area contributed by atoms with E-state index < -0.39 is 27.8 Å². The molecule has 0 aliphatic carbocycles. The summed E-state index contributed by atoms with van der Waals surface area (Å²) in [5, 5.41) is 9.29. The topological polar surface area (TPSA) is 70.0 Å². The molecule has 2 aromatic carbocycles. The Labute approximate surface area is 141 Å². The van der Waals surface area contributed by atoms with Gasteiger partial charge in [0.2, 0.25) is 10.0 Å². The Morgan fingerprint density at radius 2 is 1.75 bits per heavy atom. The molecule has 2 aromatic rings. The van der Waals surface area contributed by atoms with Crippen LogP contribution in [0.25, 0.3) is 0 Å². The number of benzene rings is 2. The molecular formula is C18H17FN2O2S. The van der Waals surface area contributed by atoms with E-state index in [0.29, 0.717) is 5.56 Å². The van der Waals surface area contributed by atoms with Crippen molar-refractivity contribution in [2.24, 2.45) is 5.92 Å². The molecule has 0 saturated carbocycles. The van der Waals surface area contributed by atoms with Crippen molar-refractivity contribution in [2.45, 2.75) is 17.9 Å². The van der Waals surface area contributed by atoms with E-state index >= 15 is 0 Å². The largest absolute Gasteiger partial charge is 0.241 e. The second kappa shape index (κ2) is 7.39. The Hall–Kier alpha value is -2.49. The van der Waals surface area contributed by atoms with Crippen LogP contribution in [0.5, 0.6) is 0 Å². The highest BCUT2D eigenvalue weighted by atomic mass is 32.2. The number of sulfonamides is 1. The lowest BCUT2D eigenvalue weighted by molar-refractivity contribution is 0.527. The minimum absolute atomic E-state index is 0.0981. The summed E-state index contributed by atoms with van der Waals surface area (Å²) in [6.45, 7) is 5.43. The molecule has 124 valence electrons. The average Bonchev–Trinajstić information content (AvgIpc) is 2.56. The van der Waals surface area contributed by atoms with Gasteiger partial charge in [0.1, 0.15) is 5.82 Å². The SMILES string of the molecule is C=CC(C#N)C(NS(=O)(=O)c1ccc(C)cc1)c1ccc(F)cc1. The van der Waals surface area contributed by atoms with Gasteiger partial charge in [-0.05, 0) is 36.8 Å². The highest BCUT2D eigenvalue weighted by Crippen LogP contribution is 2.25. The van der Waals surface area contributed by atoms with Gasteiger partial charge in [-0.25, -0.2) is 17.5 Å². The molecular weight excluding hydrogens is 327 g/mol. The van der Waals surface area contributed by atoms with Crippen molar-refractivity contribution < 1.29 is 12.8 Å². The summed E-state index contributed by atoms with van der Waals surface area (Å²) in [6, 6.07) is 12.9. The second-order valence-corrected chi connectivity index (χ2v) is 7.07. The molecule has 2 unspecified atom stereocenters. The van der Waals surface area contributed by atoms with Gasteiger partial charge in [0.25, 0.3) is 0 Å². The fraction of sp³-hybridized carbons (Fsp3) is 0.167. The molecule has 0 amide bonds. The molecule has 0 aliphatic heterocycles. The molecule has 6 heteroatoms. The van der Waals surface area contributed by atoms with E-state index in [-0.39, 0.29) is 4.90 Å². The third kappa shape index (κ3) is 4.07. The quantitative estimate of drug-likeness (QED) is 0.816. The molecule has 0 bridgehead atoms. The highest BCUT2D eigenvalue weighted by molar-refractivity contribution is 7.89. The number of nitriles is 1. The smallest absolute Gasteiger partial charge is 0.207 e. The molecule has 0 radical (unpaired) electrons. The van der Waals surface area contributed by atoms with E-state index in [1.165, 1.54) is 42.5 Å². The molecule has 4 nitrogen and oxygen atoms in total. The Bertz CT molecular complexity index is 853. The van der Waals surface area contributed by atoms with Gasteiger partial charge in [-0.1, -0.05) is 35.9 Å². The lowest BCUT2D eigenvalue weighted by Crippen LogP contribution is -2.32. The number of halogens is 1. The first-order chi connectivity index (χ1) is 11.4. The summed E-state index contributed by atoms with van der Waals surface area (Å²) in [7, 11) is -3.84. The standard InChI is InChI=1S/C18H17FN2O2S/c1-3-14(12-20)18(15-6-8-16(19)9-7-15)21-24(22,23)17-10-4-13(2)5-11-17/h3-11,14,18,21H,1H2,2H3. The van der Waals surface area contributed by atoms with E-state index in [2.05, 4.69) is 11.3 Å². The highest BCUT2D eigenvalue weighted by Gasteiger charge is 2.27. The summed E-state index contributed by atoms with van der Waals surface area (Å²) in [6.07, 6.45) is 1.37. The Balaban J connectivity index is 2.41. The predicted octanol–water partition coefficient (Wildman–Crippen LogP) is 3.48. The van der Waals surface area contributed by atoms with Crippen LogP contribution in [0.15, 0.2) is 66.1 Å². The van der Waals surface area contributed by atoms with E-state index in [1.807, 2.05) is 13.0 Å². The maximum atomic E-state index is 13.1. The van der Waals surface area contributed by atoms with Gasteiger partial charge in [-0.15, -0.1) is 6.58 Å². The zero-order valence-corrected chi connectivity index (χ0v) is 13.9. The molecule has 2 atom stereocenters. The first kappa shape index (κ1) is 17.9. The Morgan fingerprint density at radius 1 is 1.17 bits per heavy atom. The number of hydrogen-bond acceptors (Lipinski definition) is 3. The first-order valence-electron chi connectivity index (χ1n) is 7.24. The van der Waals surface area contributed by atoms with E-state index in [1.54, 1.807) is 12.1 Å². The van der Waals surface area contributed by atoms with Crippen LogP contribution in [0.2, 0.25) is 0 Å². The van der Waals surface area contributed by atoms with Crippen molar-refractivity contribution in [3.8, 4) is 6.07 Å². The van der Waals surface area contributed by atoms with Crippen molar-refractivity contribution in [1.29, 1.82) is 5.26 Å². The van der Waals surface area contributed by atoms with Crippen molar-refractivity contribution in [3.05, 3.63) is 78.1 Å². The molecule has 24 heavy (non-hydrogen) atoms. The Morgan fingerprint density at radius 3 is 2.25 bits per heavy atom. The second-order valence-electron chi connectivity index (χ2n) is 5.35. The summed E-state index contributed by atoms with van der Waals surface area (Å²) in [5.74, 6) is -1.23. The van der Waals surface area contributed by atoms with E-state index in [9.17, 15) is 18.1 Å². The molecule has 1 N–H and O–H groups in total. The lowest BCUT2D eigenvalue weighted by Gasteiger charge is -2.21. The number of aryl methyl sites for hydroxylation is 1. The van der Waals surface area contributed by atoms with Crippen molar-refractivity contribution >= 4 is 10.0 Å². The van der Waals surface area contributed by atoms with Crippen LogP contribution < -0.4 is 4.72 Å². The van der Waals surface area contributed by atoms with Crippen molar-refractivity contribution in [3.63, 3.8) is 0 Å². The summed E-state index contributed by atoms with van der Waals surface area (Å²) in [5.41, 5.74) is 1.42. The minimum atomic E-state index is -3.84. The molecule has 0 heterocycles. The van der Waals surface area contributed by atoms with Crippen molar-refractivity contribution in [2.75, 3.05) is 0 Å². The minimum Gasteiger partial charge on any atom is -0.207 e. The number of rotatable bonds is 6. The molecule has 0 spiro atoms. The number of hydrogen-bond donors (Lipinski definition) is 1. The van der Waals surface area contributed by atoms with Crippen LogP contribution in [0, 0.1) is 30.0 Å². The van der Waals surface area contributed by atoms with Crippen LogP contribution >= 0.6 is 0 Å². The third-order valence-electron chi connectivity index (χ3n) is 3.60.